The molecule has 1 amide bonds. The highest BCUT2D eigenvalue weighted by Gasteiger charge is 2.21. The lowest BCUT2D eigenvalue weighted by molar-refractivity contribution is -0.117. The Hall–Kier alpha value is -3.15. The summed E-state index contributed by atoms with van der Waals surface area (Å²) in [7, 11) is 0. The lowest BCUT2D eigenvalue weighted by Crippen LogP contribution is -2.23. The number of amides is 1. The number of para-hydroxylation sites is 1. The van der Waals surface area contributed by atoms with E-state index in [4.69, 9.17) is 0 Å². The van der Waals surface area contributed by atoms with Gasteiger partial charge < -0.3 is 14.8 Å². The molecular formula is C19H19N5O. The molecule has 126 valence electrons. The van der Waals surface area contributed by atoms with E-state index in [2.05, 4.69) is 15.3 Å². The Labute approximate surface area is 146 Å². The molecule has 0 aliphatic carbocycles. The van der Waals surface area contributed by atoms with Gasteiger partial charge >= 0.3 is 0 Å². The van der Waals surface area contributed by atoms with E-state index in [0.29, 0.717) is 13.0 Å². The molecule has 1 aromatic carbocycles. The Morgan fingerprint density at radius 1 is 1.04 bits per heavy atom. The molecule has 3 heterocycles. The van der Waals surface area contributed by atoms with Crippen molar-refractivity contribution in [3.8, 4) is 5.69 Å². The van der Waals surface area contributed by atoms with Gasteiger partial charge in [-0.2, -0.15) is 0 Å². The standard InChI is InChI=1S/C19H19N5O/c25-19-7-4-11-24(19)16-8-9-17(21-13-16)22-14-18-20-10-12-23(18)15-5-2-1-3-6-15/h1-3,5-6,8-10,12-13H,4,7,11,14H2,(H,21,22). The molecule has 1 aliphatic rings. The Morgan fingerprint density at radius 3 is 2.64 bits per heavy atom. The van der Waals surface area contributed by atoms with Crippen LogP contribution in [0.4, 0.5) is 11.5 Å². The van der Waals surface area contributed by atoms with Gasteiger partial charge in [-0.1, -0.05) is 18.2 Å². The van der Waals surface area contributed by atoms with Gasteiger partial charge in [-0.25, -0.2) is 9.97 Å². The van der Waals surface area contributed by atoms with Crippen LogP contribution in [0.3, 0.4) is 0 Å². The van der Waals surface area contributed by atoms with E-state index in [1.807, 2.05) is 53.2 Å². The van der Waals surface area contributed by atoms with Crippen LogP contribution < -0.4 is 10.2 Å². The van der Waals surface area contributed by atoms with Gasteiger partial charge in [-0.15, -0.1) is 0 Å². The van der Waals surface area contributed by atoms with E-state index in [1.54, 1.807) is 17.3 Å². The Balaban J connectivity index is 1.44. The van der Waals surface area contributed by atoms with Crippen molar-refractivity contribution < 1.29 is 4.79 Å². The van der Waals surface area contributed by atoms with E-state index in [1.165, 1.54) is 0 Å². The van der Waals surface area contributed by atoms with Crippen LogP contribution >= 0.6 is 0 Å². The summed E-state index contributed by atoms with van der Waals surface area (Å²) >= 11 is 0. The van der Waals surface area contributed by atoms with Crippen LogP contribution in [-0.2, 0) is 11.3 Å². The van der Waals surface area contributed by atoms with E-state index >= 15 is 0 Å². The van der Waals surface area contributed by atoms with Crippen molar-refractivity contribution in [1.82, 2.24) is 14.5 Å². The molecule has 0 saturated carbocycles. The van der Waals surface area contributed by atoms with Crippen LogP contribution in [0.15, 0.2) is 61.1 Å². The number of carbonyl (C=O) groups excluding carboxylic acids is 1. The largest absolute Gasteiger partial charge is 0.363 e. The first kappa shape index (κ1) is 15.4. The molecule has 2 aromatic heterocycles. The maximum Gasteiger partial charge on any atom is 0.227 e. The number of aromatic nitrogens is 3. The zero-order valence-electron chi connectivity index (χ0n) is 13.8. The summed E-state index contributed by atoms with van der Waals surface area (Å²) in [4.78, 5) is 22.4. The number of imidazole rings is 1. The summed E-state index contributed by atoms with van der Waals surface area (Å²) in [5.41, 5.74) is 1.94. The van der Waals surface area contributed by atoms with Crippen molar-refractivity contribution in [3.05, 3.63) is 66.9 Å². The van der Waals surface area contributed by atoms with E-state index in [-0.39, 0.29) is 5.91 Å². The van der Waals surface area contributed by atoms with E-state index in [0.717, 1.165) is 36.0 Å². The number of hydrogen-bond donors (Lipinski definition) is 1. The highest BCUT2D eigenvalue weighted by Crippen LogP contribution is 2.21. The van der Waals surface area contributed by atoms with Gasteiger partial charge in [-0.3, -0.25) is 4.79 Å². The van der Waals surface area contributed by atoms with Crippen molar-refractivity contribution >= 4 is 17.4 Å². The average Bonchev–Trinajstić information content (AvgIpc) is 3.30. The maximum atomic E-state index is 11.8. The van der Waals surface area contributed by atoms with Crippen LogP contribution in [0, 0.1) is 0 Å². The Bertz CT molecular complexity index is 857. The number of nitrogens with zero attached hydrogens (tertiary/aromatic N) is 4. The summed E-state index contributed by atoms with van der Waals surface area (Å²) < 4.78 is 2.05. The number of nitrogens with one attached hydrogen (secondary N) is 1. The molecule has 0 atom stereocenters. The fourth-order valence-corrected chi connectivity index (χ4v) is 3.03. The molecule has 4 rings (SSSR count). The van der Waals surface area contributed by atoms with Crippen LogP contribution in [0.1, 0.15) is 18.7 Å². The van der Waals surface area contributed by atoms with Crippen molar-refractivity contribution in [2.24, 2.45) is 0 Å². The molecule has 0 radical (unpaired) electrons. The number of rotatable bonds is 5. The number of pyridine rings is 1. The molecule has 3 aromatic rings. The van der Waals surface area contributed by atoms with Crippen molar-refractivity contribution in [2.45, 2.75) is 19.4 Å². The fraction of sp³-hybridized carbons (Fsp3) is 0.211. The van der Waals surface area contributed by atoms with Gasteiger partial charge in [0.15, 0.2) is 0 Å². The molecule has 1 fully saturated rings. The third-order valence-electron chi connectivity index (χ3n) is 4.31. The smallest absolute Gasteiger partial charge is 0.227 e. The average molecular weight is 333 g/mol. The van der Waals surface area contributed by atoms with E-state index < -0.39 is 0 Å². The lowest BCUT2D eigenvalue weighted by atomic mass is 10.3. The molecular weight excluding hydrogens is 314 g/mol. The van der Waals surface area contributed by atoms with Gasteiger partial charge in [0.1, 0.15) is 11.6 Å². The van der Waals surface area contributed by atoms with Crippen LogP contribution in [0.2, 0.25) is 0 Å². The second kappa shape index (κ2) is 6.76. The number of anilines is 2. The molecule has 0 bridgehead atoms. The number of benzene rings is 1. The minimum absolute atomic E-state index is 0.174. The lowest BCUT2D eigenvalue weighted by Gasteiger charge is -2.15. The first-order valence-electron chi connectivity index (χ1n) is 8.39. The van der Waals surface area contributed by atoms with Crippen LogP contribution in [0.5, 0.6) is 0 Å². The minimum atomic E-state index is 0.174. The van der Waals surface area contributed by atoms with Crippen molar-refractivity contribution in [3.63, 3.8) is 0 Å². The number of carbonyl (C=O) groups is 1. The molecule has 1 aliphatic heterocycles. The Morgan fingerprint density at radius 2 is 1.92 bits per heavy atom. The summed E-state index contributed by atoms with van der Waals surface area (Å²) in [5, 5.41) is 3.29. The van der Waals surface area contributed by atoms with Crippen LogP contribution in [0.25, 0.3) is 5.69 Å². The highest BCUT2D eigenvalue weighted by molar-refractivity contribution is 5.95. The van der Waals surface area contributed by atoms with Crippen molar-refractivity contribution in [1.29, 1.82) is 0 Å². The third-order valence-corrected chi connectivity index (χ3v) is 4.31. The molecule has 6 nitrogen and oxygen atoms in total. The predicted octanol–water partition coefficient (Wildman–Crippen LogP) is 3.01. The van der Waals surface area contributed by atoms with E-state index in [9.17, 15) is 4.79 Å². The number of hydrogen-bond acceptors (Lipinski definition) is 4. The van der Waals surface area contributed by atoms with Gasteiger partial charge in [-0.05, 0) is 30.7 Å². The minimum Gasteiger partial charge on any atom is -0.363 e. The quantitative estimate of drug-likeness (QED) is 0.779. The Kier molecular flexibility index (Phi) is 4.16. The van der Waals surface area contributed by atoms with Gasteiger partial charge in [0.25, 0.3) is 0 Å². The second-order valence-corrected chi connectivity index (χ2v) is 5.95. The first-order valence-corrected chi connectivity index (χ1v) is 8.39. The molecule has 0 unspecified atom stereocenters. The third kappa shape index (κ3) is 3.24. The van der Waals surface area contributed by atoms with Gasteiger partial charge in [0.2, 0.25) is 5.91 Å². The summed E-state index contributed by atoms with van der Waals surface area (Å²) in [6.07, 6.45) is 7.03. The topological polar surface area (TPSA) is 63.1 Å². The summed E-state index contributed by atoms with van der Waals surface area (Å²) in [5.74, 6) is 1.84. The SMILES string of the molecule is O=C1CCCN1c1ccc(NCc2nccn2-c2ccccc2)nc1. The first-order chi connectivity index (χ1) is 12.3. The maximum absolute atomic E-state index is 11.8. The second-order valence-electron chi connectivity index (χ2n) is 5.95. The summed E-state index contributed by atoms with van der Waals surface area (Å²) in [6.45, 7) is 1.35. The highest BCUT2D eigenvalue weighted by atomic mass is 16.2. The van der Waals surface area contributed by atoms with Crippen LogP contribution in [-0.4, -0.2) is 27.0 Å². The molecule has 1 saturated heterocycles. The molecule has 25 heavy (non-hydrogen) atoms. The predicted molar refractivity (Wildman–Crippen MR) is 96.7 cm³/mol. The molecule has 0 spiro atoms. The monoisotopic (exact) mass is 333 g/mol. The zero-order valence-corrected chi connectivity index (χ0v) is 13.8. The summed E-state index contributed by atoms with van der Waals surface area (Å²) in [6, 6.07) is 13.9. The molecule has 6 heteroatoms. The van der Waals surface area contributed by atoms with Gasteiger partial charge in [0, 0.05) is 31.0 Å². The molecule has 1 N–H and O–H groups in total. The normalized spacial score (nSPS) is 14.1. The van der Waals surface area contributed by atoms with Crippen molar-refractivity contribution in [2.75, 3.05) is 16.8 Å². The fourth-order valence-electron chi connectivity index (χ4n) is 3.03. The zero-order chi connectivity index (χ0) is 17.1. The van der Waals surface area contributed by atoms with Gasteiger partial charge in [0.05, 0.1) is 18.4 Å².